The smallest absolute Gasteiger partial charge is 0.122 e. The Morgan fingerprint density at radius 3 is 2.65 bits per heavy atom. The first-order valence-electron chi connectivity index (χ1n) is 6.92. The summed E-state index contributed by atoms with van der Waals surface area (Å²) in [5.41, 5.74) is 1.12. The number of methoxy groups -OCH3 is 1. The number of rotatable bonds is 8. The largest absolute Gasteiger partial charge is 0.508 e. The molecule has 0 aliphatic carbocycles. The number of unbranched alkanes of at least 4 members (excludes halogenated alkanes) is 2. The van der Waals surface area contributed by atoms with Crippen LogP contribution in [-0.2, 0) is 5.41 Å². The van der Waals surface area contributed by atoms with Crippen molar-refractivity contribution in [3.05, 3.63) is 23.8 Å². The maximum Gasteiger partial charge on any atom is 0.122 e. The lowest BCUT2D eigenvalue weighted by Crippen LogP contribution is -2.17. The van der Waals surface area contributed by atoms with Gasteiger partial charge in [-0.05, 0) is 48.2 Å². The van der Waals surface area contributed by atoms with E-state index in [1.807, 2.05) is 12.1 Å². The van der Waals surface area contributed by atoms with Gasteiger partial charge >= 0.3 is 0 Å². The summed E-state index contributed by atoms with van der Waals surface area (Å²) in [6.07, 6.45) is 4.35. The second-order valence-electron chi connectivity index (χ2n) is 5.59. The van der Waals surface area contributed by atoms with E-state index >= 15 is 0 Å². The summed E-state index contributed by atoms with van der Waals surface area (Å²) in [7, 11) is 1.61. The molecule has 0 saturated heterocycles. The Hall–Kier alpha value is -1.38. The number of aromatic hydroxyl groups is 1. The summed E-state index contributed by atoms with van der Waals surface area (Å²) in [5.74, 6) is 0.950. The van der Waals surface area contributed by atoms with E-state index in [9.17, 15) is 5.11 Å². The maximum absolute atomic E-state index is 9.75. The zero-order chi connectivity index (χ0) is 15.0. The highest BCUT2D eigenvalue weighted by atomic mass is 32.1. The van der Waals surface area contributed by atoms with E-state index < -0.39 is 0 Å². The van der Waals surface area contributed by atoms with Gasteiger partial charge in [-0.25, -0.2) is 4.99 Å². The number of benzene rings is 1. The van der Waals surface area contributed by atoms with Crippen LogP contribution < -0.4 is 4.74 Å². The lowest BCUT2D eigenvalue weighted by atomic mass is 9.80. The zero-order valence-corrected chi connectivity index (χ0v) is 13.3. The fraction of sp³-hybridized carbons (Fsp3) is 0.562. The number of hydrogen-bond donors (Lipinski definition) is 1. The van der Waals surface area contributed by atoms with Crippen molar-refractivity contribution in [2.24, 2.45) is 4.99 Å². The molecule has 3 nitrogen and oxygen atoms in total. The molecule has 0 spiro atoms. The highest BCUT2D eigenvalue weighted by Crippen LogP contribution is 2.34. The Kier molecular flexibility index (Phi) is 6.69. The van der Waals surface area contributed by atoms with Gasteiger partial charge in [0.2, 0.25) is 0 Å². The van der Waals surface area contributed by atoms with Gasteiger partial charge in [0.1, 0.15) is 11.5 Å². The molecule has 20 heavy (non-hydrogen) atoms. The van der Waals surface area contributed by atoms with Gasteiger partial charge in [0.15, 0.2) is 0 Å². The number of hydrogen-bond acceptors (Lipinski definition) is 4. The highest BCUT2D eigenvalue weighted by molar-refractivity contribution is 7.78. The van der Waals surface area contributed by atoms with E-state index in [0.29, 0.717) is 5.75 Å². The van der Waals surface area contributed by atoms with Crippen molar-refractivity contribution in [2.75, 3.05) is 13.7 Å². The molecule has 0 aliphatic rings. The third-order valence-corrected chi connectivity index (χ3v) is 3.67. The maximum atomic E-state index is 9.75. The Bertz CT molecular complexity index is 479. The van der Waals surface area contributed by atoms with E-state index in [1.54, 1.807) is 13.2 Å². The molecule has 0 saturated carbocycles. The molecule has 0 unspecified atom stereocenters. The van der Waals surface area contributed by atoms with Crippen LogP contribution in [0.25, 0.3) is 0 Å². The predicted molar refractivity (Wildman–Crippen MR) is 86.0 cm³/mol. The van der Waals surface area contributed by atoms with Crippen LogP contribution in [-0.4, -0.2) is 23.9 Å². The number of isothiocyanates is 1. The summed E-state index contributed by atoms with van der Waals surface area (Å²) in [6, 6.07) is 5.44. The predicted octanol–water partition coefficient (Wildman–Crippen LogP) is 4.34. The van der Waals surface area contributed by atoms with Gasteiger partial charge in [-0.3, -0.25) is 0 Å². The summed E-state index contributed by atoms with van der Waals surface area (Å²) < 4.78 is 5.21. The molecule has 0 atom stereocenters. The fourth-order valence-corrected chi connectivity index (χ4v) is 2.31. The zero-order valence-electron chi connectivity index (χ0n) is 12.5. The van der Waals surface area contributed by atoms with E-state index in [4.69, 9.17) is 4.74 Å². The monoisotopic (exact) mass is 293 g/mol. The summed E-state index contributed by atoms with van der Waals surface area (Å²) in [5, 5.41) is 12.1. The van der Waals surface area contributed by atoms with Crippen LogP contribution in [0, 0.1) is 0 Å². The Labute approximate surface area is 126 Å². The van der Waals surface area contributed by atoms with Crippen LogP contribution in [0.4, 0.5) is 0 Å². The van der Waals surface area contributed by atoms with Crippen LogP contribution in [0.3, 0.4) is 0 Å². The molecule has 0 fully saturated rings. The third-order valence-electron chi connectivity index (χ3n) is 3.54. The van der Waals surface area contributed by atoms with Gasteiger partial charge in [-0.15, -0.1) is 0 Å². The summed E-state index contributed by atoms with van der Waals surface area (Å²) in [6.45, 7) is 5.15. The van der Waals surface area contributed by atoms with Crippen LogP contribution in [0.1, 0.15) is 45.1 Å². The lowest BCUT2D eigenvalue weighted by molar-refractivity contribution is 0.399. The molecule has 0 aliphatic heterocycles. The highest BCUT2D eigenvalue weighted by Gasteiger charge is 2.21. The summed E-state index contributed by atoms with van der Waals surface area (Å²) in [4.78, 5) is 3.91. The molecule has 1 aromatic carbocycles. The average molecular weight is 293 g/mol. The Morgan fingerprint density at radius 2 is 2.00 bits per heavy atom. The molecule has 0 bridgehead atoms. The van der Waals surface area contributed by atoms with E-state index in [1.165, 1.54) is 0 Å². The quantitative estimate of drug-likeness (QED) is 0.440. The lowest BCUT2D eigenvalue weighted by Gasteiger charge is -2.26. The minimum absolute atomic E-state index is 0.0133. The molecule has 0 radical (unpaired) electrons. The second-order valence-corrected chi connectivity index (χ2v) is 5.77. The molecular formula is C16H23NO2S. The van der Waals surface area contributed by atoms with Gasteiger partial charge in [-0.2, -0.15) is 0 Å². The van der Waals surface area contributed by atoms with Gasteiger partial charge in [0.05, 0.1) is 12.3 Å². The van der Waals surface area contributed by atoms with Gasteiger partial charge < -0.3 is 9.84 Å². The van der Waals surface area contributed by atoms with Gasteiger partial charge in [-0.1, -0.05) is 26.7 Å². The Morgan fingerprint density at radius 1 is 1.25 bits per heavy atom. The van der Waals surface area contributed by atoms with Crippen molar-refractivity contribution in [3.63, 3.8) is 0 Å². The second kappa shape index (κ2) is 8.03. The SMILES string of the molecule is COc1cc(O)cc(C(C)(C)CCCCCN=C=S)c1. The minimum Gasteiger partial charge on any atom is -0.508 e. The van der Waals surface area contributed by atoms with Crippen LogP contribution in [0.15, 0.2) is 23.2 Å². The molecule has 1 N–H and O–H groups in total. The minimum atomic E-state index is 0.0133. The van der Waals surface area contributed by atoms with Crippen molar-refractivity contribution in [1.29, 1.82) is 0 Å². The normalized spacial score (nSPS) is 10.9. The van der Waals surface area contributed by atoms with Crippen molar-refractivity contribution in [3.8, 4) is 11.5 Å². The first-order chi connectivity index (χ1) is 9.49. The molecule has 1 rings (SSSR count). The fourth-order valence-electron chi connectivity index (χ4n) is 2.22. The molecular weight excluding hydrogens is 270 g/mol. The molecule has 110 valence electrons. The average Bonchev–Trinajstić information content (AvgIpc) is 2.42. The van der Waals surface area contributed by atoms with Crippen molar-refractivity contribution >= 4 is 17.4 Å². The number of phenols is 1. The number of thiocarbonyl (C=S) groups is 1. The Balaban J connectivity index is 2.59. The van der Waals surface area contributed by atoms with Gasteiger partial charge in [0, 0.05) is 12.6 Å². The van der Waals surface area contributed by atoms with E-state index in [2.05, 4.69) is 36.2 Å². The summed E-state index contributed by atoms with van der Waals surface area (Å²) >= 11 is 4.54. The molecule has 1 aromatic rings. The van der Waals surface area contributed by atoms with Crippen molar-refractivity contribution < 1.29 is 9.84 Å². The van der Waals surface area contributed by atoms with E-state index in [0.717, 1.165) is 37.8 Å². The van der Waals surface area contributed by atoms with Crippen LogP contribution in [0.2, 0.25) is 0 Å². The van der Waals surface area contributed by atoms with Gasteiger partial charge in [0.25, 0.3) is 0 Å². The van der Waals surface area contributed by atoms with Crippen LogP contribution >= 0.6 is 12.2 Å². The number of ether oxygens (including phenoxy) is 1. The molecule has 0 heterocycles. The molecule has 4 heteroatoms. The number of nitrogens with zero attached hydrogens (tertiary/aromatic N) is 1. The first-order valence-corrected chi connectivity index (χ1v) is 7.32. The van der Waals surface area contributed by atoms with Crippen molar-refractivity contribution in [1.82, 2.24) is 0 Å². The number of aliphatic imine (C=N–C) groups is 1. The standard InChI is InChI=1S/C16H23NO2S/c1-16(2,7-5-4-6-8-17-12-20)13-9-14(18)11-15(10-13)19-3/h9-11,18H,4-8H2,1-3H3. The van der Waals surface area contributed by atoms with Crippen LogP contribution in [0.5, 0.6) is 11.5 Å². The first kappa shape index (κ1) is 16.7. The molecule has 0 amide bonds. The number of phenolic OH excluding ortho intramolecular Hbond substituents is 1. The topological polar surface area (TPSA) is 41.8 Å². The molecule has 0 aromatic heterocycles. The van der Waals surface area contributed by atoms with E-state index in [-0.39, 0.29) is 11.2 Å². The third kappa shape index (κ3) is 5.32. The van der Waals surface area contributed by atoms with Crippen molar-refractivity contribution in [2.45, 2.75) is 44.9 Å².